The van der Waals surface area contributed by atoms with Gasteiger partial charge in [0.15, 0.2) is 0 Å². The lowest BCUT2D eigenvalue weighted by Crippen LogP contribution is -2.30. The highest BCUT2D eigenvalue weighted by Crippen LogP contribution is 1.97. The number of thioether (sulfide) groups is 1. The van der Waals surface area contributed by atoms with E-state index in [2.05, 4.69) is 0 Å². The van der Waals surface area contributed by atoms with Crippen molar-refractivity contribution in [3.8, 4) is 0 Å². The molecule has 0 rings (SSSR count). The number of aliphatic carboxylic acids is 1. The van der Waals surface area contributed by atoms with Crippen LogP contribution in [-0.2, 0) is 4.79 Å². The van der Waals surface area contributed by atoms with Crippen molar-refractivity contribution in [1.29, 1.82) is 0 Å². The van der Waals surface area contributed by atoms with E-state index >= 15 is 0 Å². The minimum Gasteiger partial charge on any atom is -0.480 e. The molecule has 0 radical (unpaired) electrons. The first-order chi connectivity index (χ1) is 5.33. The smallest absolute Gasteiger partial charge is 0.320 e. The zero-order valence-electron chi connectivity index (χ0n) is 7.83. The quantitative estimate of drug-likeness (QED) is 0.606. The van der Waals surface area contributed by atoms with Crippen molar-refractivity contribution in [3.63, 3.8) is 0 Å². The number of hydrogen-bond donors (Lipinski definition) is 2. The van der Waals surface area contributed by atoms with Crippen molar-refractivity contribution < 1.29 is 14.0 Å². The van der Waals surface area contributed by atoms with Gasteiger partial charge in [0, 0.05) is 4.11 Å². The highest BCUT2D eigenvalue weighted by molar-refractivity contribution is 7.98. The summed E-state index contributed by atoms with van der Waals surface area (Å²) < 4.78 is 20.4. The van der Waals surface area contributed by atoms with E-state index in [1.165, 1.54) is 0 Å². The van der Waals surface area contributed by atoms with Gasteiger partial charge >= 0.3 is 5.97 Å². The molecule has 0 aliphatic rings. The zero-order chi connectivity index (χ0) is 9.78. The van der Waals surface area contributed by atoms with Crippen LogP contribution in [-0.4, -0.2) is 29.1 Å². The lowest BCUT2D eigenvalue weighted by molar-refractivity contribution is -0.138. The molecule has 0 fully saturated rings. The van der Waals surface area contributed by atoms with Crippen LogP contribution in [0.4, 0.5) is 0 Å². The molecule has 0 bridgehead atoms. The van der Waals surface area contributed by atoms with Crippen LogP contribution in [0.5, 0.6) is 0 Å². The van der Waals surface area contributed by atoms with E-state index in [0.717, 1.165) is 11.8 Å². The molecule has 0 aromatic heterocycles. The third kappa shape index (κ3) is 4.29. The topological polar surface area (TPSA) is 63.3 Å². The highest BCUT2D eigenvalue weighted by Gasteiger charge is 2.08. The Kier molecular flexibility index (Phi) is 2.36. The molecular weight excluding hydrogens is 138 g/mol. The van der Waals surface area contributed by atoms with Gasteiger partial charge in [-0.1, -0.05) is 0 Å². The van der Waals surface area contributed by atoms with Crippen molar-refractivity contribution in [2.75, 3.05) is 11.9 Å². The van der Waals surface area contributed by atoms with E-state index in [1.54, 1.807) is 0 Å². The largest absolute Gasteiger partial charge is 0.480 e. The maximum absolute atomic E-state index is 10.2. The normalized spacial score (nSPS) is 19.4. The second-order valence-electron chi connectivity index (χ2n) is 1.58. The van der Waals surface area contributed by atoms with Crippen LogP contribution < -0.4 is 5.73 Å². The highest BCUT2D eigenvalue weighted by atomic mass is 32.2. The number of rotatable bonds is 4. The minimum atomic E-state index is -2.06. The molecular formula is C5H11NO2S. The Morgan fingerprint density at radius 2 is 2.78 bits per heavy atom. The van der Waals surface area contributed by atoms with Crippen LogP contribution in [0.3, 0.4) is 0 Å². The molecule has 0 aromatic carbocycles. The van der Waals surface area contributed by atoms with Crippen molar-refractivity contribution >= 4 is 17.7 Å². The molecule has 0 amide bonds. The molecule has 1 unspecified atom stereocenters. The number of carboxylic acids is 1. The molecule has 0 saturated carbocycles. The molecule has 3 nitrogen and oxygen atoms in total. The van der Waals surface area contributed by atoms with Gasteiger partial charge < -0.3 is 10.8 Å². The summed E-state index contributed by atoms with van der Waals surface area (Å²) in [6, 6.07) is -0.958. The Bertz CT molecular complexity index is 161. The fourth-order valence-electron chi connectivity index (χ4n) is 0.309. The van der Waals surface area contributed by atoms with Crippen LogP contribution in [0.15, 0.2) is 0 Å². The number of hydrogen-bond acceptors (Lipinski definition) is 3. The van der Waals surface area contributed by atoms with Gasteiger partial charge in [0.1, 0.15) is 6.04 Å². The average Bonchev–Trinajstić information content (AvgIpc) is 1.84. The van der Waals surface area contributed by atoms with Crippen LogP contribution in [0.2, 0.25) is 0 Å². The lowest BCUT2D eigenvalue weighted by Gasteiger charge is -2.02. The van der Waals surface area contributed by atoms with Crippen LogP contribution in [0.25, 0.3) is 0 Å². The predicted molar refractivity (Wildman–Crippen MR) is 38.6 cm³/mol. The molecule has 0 heterocycles. The van der Waals surface area contributed by atoms with Gasteiger partial charge in [-0.05, 0) is 18.4 Å². The van der Waals surface area contributed by atoms with Crippen molar-refractivity contribution in [1.82, 2.24) is 0 Å². The fourth-order valence-corrected chi connectivity index (χ4v) is 0.681. The van der Waals surface area contributed by atoms with Crippen molar-refractivity contribution in [2.24, 2.45) is 5.73 Å². The SMILES string of the molecule is [3H]C([3H])([3H])SCCC(N)C(=O)O. The molecule has 3 N–H and O–H groups in total. The molecule has 0 spiro atoms. The summed E-state index contributed by atoms with van der Waals surface area (Å²) in [4.78, 5) is 10.2. The average molecular weight is 155 g/mol. The van der Waals surface area contributed by atoms with E-state index in [1.807, 2.05) is 0 Å². The van der Waals surface area contributed by atoms with Crippen molar-refractivity contribution in [2.45, 2.75) is 12.5 Å². The van der Waals surface area contributed by atoms with Crippen LogP contribution >= 0.6 is 11.8 Å². The first-order valence-electron chi connectivity index (χ1n) is 3.95. The maximum atomic E-state index is 10.2. The Morgan fingerprint density at radius 1 is 2.11 bits per heavy atom. The third-order valence-corrected chi connectivity index (χ3v) is 1.29. The van der Waals surface area contributed by atoms with Gasteiger partial charge in [-0.3, -0.25) is 4.79 Å². The number of carbonyl (C=O) groups is 1. The Morgan fingerprint density at radius 3 is 3.22 bits per heavy atom. The third-order valence-electron chi connectivity index (χ3n) is 0.848. The summed E-state index contributed by atoms with van der Waals surface area (Å²) in [7, 11) is 0. The van der Waals surface area contributed by atoms with E-state index in [0.29, 0.717) is 0 Å². The van der Waals surface area contributed by atoms with E-state index < -0.39 is 18.2 Å². The predicted octanol–water partition coefficient (Wildman–Crippen LogP) is 0.151. The minimum absolute atomic E-state index is 0.179. The first-order valence-corrected chi connectivity index (χ1v) is 3.44. The molecule has 0 saturated heterocycles. The van der Waals surface area contributed by atoms with Gasteiger partial charge in [0.25, 0.3) is 0 Å². The summed E-state index contributed by atoms with van der Waals surface area (Å²) in [5, 5.41) is 8.34. The molecule has 4 heteroatoms. The summed E-state index contributed by atoms with van der Waals surface area (Å²) in [5.41, 5.74) is 5.15. The Hall–Kier alpha value is -0.220. The Labute approximate surface area is 62.8 Å². The summed E-state index contributed by atoms with van der Waals surface area (Å²) in [6.07, 6.45) is -1.88. The summed E-state index contributed by atoms with van der Waals surface area (Å²) >= 11 is 0.736. The van der Waals surface area contributed by atoms with E-state index in [4.69, 9.17) is 15.0 Å². The molecule has 9 heavy (non-hydrogen) atoms. The van der Waals surface area contributed by atoms with Crippen molar-refractivity contribution in [3.05, 3.63) is 0 Å². The fraction of sp³-hybridized carbons (Fsp3) is 0.800. The van der Waals surface area contributed by atoms with Gasteiger partial charge in [0.2, 0.25) is 0 Å². The maximum Gasteiger partial charge on any atom is 0.320 e. The molecule has 0 aliphatic heterocycles. The lowest BCUT2D eigenvalue weighted by atomic mass is 10.2. The first kappa shape index (κ1) is 4.57. The zero-order valence-corrected chi connectivity index (χ0v) is 5.65. The van der Waals surface area contributed by atoms with Gasteiger partial charge in [-0.2, -0.15) is 11.8 Å². The summed E-state index contributed by atoms with van der Waals surface area (Å²) in [5.74, 6) is -0.856. The van der Waals surface area contributed by atoms with Gasteiger partial charge in [-0.15, -0.1) is 0 Å². The Balaban J connectivity index is 3.51. The molecule has 0 aliphatic carbocycles. The monoisotopic (exact) mass is 155 g/mol. The molecule has 54 valence electrons. The van der Waals surface area contributed by atoms with Gasteiger partial charge in [-0.25, -0.2) is 0 Å². The second-order valence-corrected chi connectivity index (χ2v) is 2.28. The molecule has 0 aromatic rings. The van der Waals surface area contributed by atoms with E-state index in [-0.39, 0.29) is 12.2 Å². The number of nitrogens with two attached hydrogens (primary N) is 1. The molecule has 1 atom stereocenters. The standard InChI is InChI=1S/C5H11NO2S/c1-9-3-2-4(6)5(7)8/h4H,2-3,6H2,1H3,(H,7,8)/i1T3. The van der Waals surface area contributed by atoms with E-state index in [9.17, 15) is 4.79 Å². The van der Waals surface area contributed by atoms with Crippen LogP contribution in [0.1, 0.15) is 10.5 Å². The van der Waals surface area contributed by atoms with Crippen LogP contribution in [0, 0.1) is 0 Å². The summed E-state index contributed by atoms with van der Waals surface area (Å²) in [6.45, 7) is 0. The van der Waals surface area contributed by atoms with Gasteiger partial charge in [0.05, 0.1) is 0 Å². The number of carboxylic acid groups (broad SMARTS) is 1. The second kappa shape index (κ2) is 4.64.